The number of fused-ring (bicyclic) bond motifs is 1. The van der Waals surface area contributed by atoms with Crippen LogP contribution in [0.1, 0.15) is 38.5 Å². The first-order valence-corrected chi connectivity index (χ1v) is 11.9. The average molecular weight is 431 g/mol. The highest BCUT2D eigenvalue weighted by Gasteiger charge is 2.28. The summed E-state index contributed by atoms with van der Waals surface area (Å²) in [6, 6.07) is 6.65. The molecule has 0 atom stereocenters. The Morgan fingerprint density at radius 2 is 2.03 bits per heavy atom. The van der Waals surface area contributed by atoms with Crippen molar-refractivity contribution >= 4 is 38.4 Å². The first-order chi connectivity index (χ1) is 13.6. The van der Waals surface area contributed by atoms with Gasteiger partial charge in [-0.25, -0.2) is 8.42 Å². The normalized spacial score (nSPS) is 16.4. The molecule has 0 bridgehead atoms. The van der Waals surface area contributed by atoms with E-state index in [2.05, 4.69) is 6.58 Å². The van der Waals surface area contributed by atoms with Crippen LogP contribution in [0.2, 0.25) is 0 Å². The molecule has 1 amide bonds. The van der Waals surface area contributed by atoms with E-state index in [0.717, 1.165) is 34.6 Å². The summed E-state index contributed by atoms with van der Waals surface area (Å²) in [6.07, 6.45) is 5.37. The van der Waals surface area contributed by atoms with Crippen molar-refractivity contribution < 1.29 is 17.9 Å². The molecule has 152 valence electrons. The molecule has 1 fully saturated rings. The second-order valence-corrected chi connectivity index (χ2v) is 10.6. The fraction of sp³-hybridized carbons (Fsp3) is 0.286. The van der Waals surface area contributed by atoms with Crippen molar-refractivity contribution in [2.24, 2.45) is 11.7 Å². The standard InChI is InChI=1S/C21H22N2O4S2/c1-12-20-16(9-19(28-20)21(22)24)17(10-23(12)2)15-8-14(29(3,25)26)6-7-18(15)27-11-13-4-5-13/h6-10,13H,1,4-5,11H2,2-3H3,(H2,22,24). The fourth-order valence-electron chi connectivity index (χ4n) is 3.21. The number of thiophene rings is 1. The van der Waals surface area contributed by atoms with Gasteiger partial charge < -0.3 is 15.4 Å². The quantitative estimate of drug-likeness (QED) is 0.759. The first-order valence-electron chi connectivity index (χ1n) is 9.20. The monoisotopic (exact) mass is 430 g/mol. The lowest BCUT2D eigenvalue weighted by Gasteiger charge is -2.26. The molecule has 2 heterocycles. The molecule has 0 unspecified atom stereocenters. The number of nitrogens with zero attached hydrogens (tertiary/aromatic N) is 1. The highest BCUT2D eigenvalue weighted by Crippen LogP contribution is 2.44. The minimum atomic E-state index is -3.40. The van der Waals surface area contributed by atoms with Crippen molar-refractivity contribution in [3.8, 4) is 5.75 Å². The number of benzene rings is 1. The Hall–Kier alpha value is -2.58. The van der Waals surface area contributed by atoms with Gasteiger partial charge in [0.05, 0.1) is 27.0 Å². The molecule has 8 heteroatoms. The molecule has 0 saturated heterocycles. The zero-order chi connectivity index (χ0) is 20.9. The summed E-state index contributed by atoms with van der Waals surface area (Å²) in [5.41, 5.74) is 8.49. The number of sulfone groups is 1. The summed E-state index contributed by atoms with van der Waals surface area (Å²) >= 11 is 1.28. The number of rotatable bonds is 6. The molecular weight excluding hydrogens is 408 g/mol. The zero-order valence-electron chi connectivity index (χ0n) is 16.3. The predicted molar refractivity (Wildman–Crippen MR) is 114 cm³/mol. The van der Waals surface area contributed by atoms with Crippen LogP contribution >= 0.6 is 11.3 Å². The Kier molecular flexibility index (Phi) is 4.78. The Labute approximate surface area is 174 Å². The van der Waals surface area contributed by atoms with E-state index in [1.165, 1.54) is 17.6 Å². The summed E-state index contributed by atoms with van der Waals surface area (Å²) in [5, 5.41) is 0. The molecule has 0 spiro atoms. The first kappa shape index (κ1) is 19.7. The minimum Gasteiger partial charge on any atom is -0.493 e. The Morgan fingerprint density at radius 1 is 1.31 bits per heavy atom. The molecule has 1 aliphatic heterocycles. The van der Waals surface area contributed by atoms with Crippen LogP contribution in [0.5, 0.6) is 5.75 Å². The van der Waals surface area contributed by atoms with Gasteiger partial charge in [-0.2, -0.15) is 0 Å². The smallest absolute Gasteiger partial charge is 0.258 e. The van der Waals surface area contributed by atoms with Crippen molar-refractivity contribution in [3.05, 3.63) is 57.9 Å². The van der Waals surface area contributed by atoms with Gasteiger partial charge in [0.1, 0.15) is 5.75 Å². The molecule has 6 nitrogen and oxygen atoms in total. The number of carbonyl (C=O) groups excluding carboxylic acids is 1. The number of ether oxygens (including phenoxy) is 1. The summed E-state index contributed by atoms with van der Waals surface area (Å²) < 4.78 is 30.4. The molecular formula is C21H22N2O4S2. The van der Waals surface area contributed by atoms with E-state index in [1.807, 2.05) is 18.1 Å². The fourth-order valence-corrected chi connectivity index (χ4v) is 4.90. The Morgan fingerprint density at radius 3 is 2.66 bits per heavy atom. The number of nitrogens with two attached hydrogens (primary N) is 1. The largest absolute Gasteiger partial charge is 0.493 e. The highest BCUT2D eigenvalue weighted by molar-refractivity contribution is 7.90. The molecule has 0 radical (unpaired) electrons. The Balaban J connectivity index is 1.88. The van der Waals surface area contributed by atoms with Crippen molar-refractivity contribution in [1.29, 1.82) is 0 Å². The van der Waals surface area contributed by atoms with E-state index in [-0.39, 0.29) is 4.90 Å². The SMILES string of the molecule is C=C1c2sc(C(N)=O)cc2C(c2cc(S(C)(=O)=O)ccc2OCC2CC2)=CN1C. The maximum Gasteiger partial charge on any atom is 0.258 e. The molecule has 29 heavy (non-hydrogen) atoms. The number of hydrogen-bond acceptors (Lipinski definition) is 6. The maximum atomic E-state index is 12.2. The van der Waals surface area contributed by atoms with Crippen molar-refractivity contribution in [1.82, 2.24) is 4.90 Å². The molecule has 1 saturated carbocycles. The van der Waals surface area contributed by atoms with Gasteiger partial charge in [0.15, 0.2) is 9.84 Å². The van der Waals surface area contributed by atoms with Gasteiger partial charge in [-0.1, -0.05) is 6.58 Å². The molecule has 4 rings (SSSR count). The molecule has 2 N–H and O–H groups in total. The summed E-state index contributed by atoms with van der Waals surface area (Å²) in [6.45, 7) is 4.70. The van der Waals surface area contributed by atoms with Gasteiger partial charge in [-0.05, 0) is 43.0 Å². The van der Waals surface area contributed by atoms with Crippen LogP contribution in [0.4, 0.5) is 0 Å². The molecule has 2 aliphatic rings. The third-order valence-corrected chi connectivity index (χ3v) is 7.43. The third-order valence-electron chi connectivity index (χ3n) is 5.12. The molecule has 1 aromatic heterocycles. The van der Waals surface area contributed by atoms with Gasteiger partial charge >= 0.3 is 0 Å². The zero-order valence-corrected chi connectivity index (χ0v) is 17.9. The van der Waals surface area contributed by atoms with Crippen LogP contribution in [0.25, 0.3) is 11.3 Å². The van der Waals surface area contributed by atoms with E-state index < -0.39 is 15.7 Å². The Bertz CT molecular complexity index is 1160. The van der Waals surface area contributed by atoms with Crippen LogP contribution in [-0.2, 0) is 9.84 Å². The van der Waals surface area contributed by atoms with Gasteiger partial charge in [-0.15, -0.1) is 11.3 Å². The highest BCUT2D eigenvalue weighted by atomic mass is 32.2. The third kappa shape index (κ3) is 3.82. The minimum absolute atomic E-state index is 0.214. The summed E-state index contributed by atoms with van der Waals surface area (Å²) in [4.78, 5) is 15.1. The molecule has 1 aromatic carbocycles. The second kappa shape index (κ2) is 7.03. The van der Waals surface area contributed by atoms with E-state index in [0.29, 0.717) is 28.7 Å². The molecule has 2 aromatic rings. The lowest BCUT2D eigenvalue weighted by atomic mass is 9.94. The van der Waals surface area contributed by atoms with Crippen LogP contribution < -0.4 is 10.5 Å². The molecule has 1 aliphatic carbocycles. The van der Waals surface area contributed by atoms with Gasteiger partial charge in [0.25, 0.3) is 5.91 Å². The number of hydrogen-bond donors (Lipinski definition) is 1. The van der Waals surface area contributed by atoms with E-state index in [4.69, 9.17) is 10.5 Å². The number of primary amides is 1. The van der Waals surface area contributed by atoms with E-state index in [1.54, 1.807) is 24.3 Å². The topological polar surface area (TPSA) is 89.7 Å². The predicted octanol–water partition coefficient (Wildman–Crippen LogP) is 3.34. The maximum absolute atomic E-state index is 12.2. The van der Waals surface area contributed by atoms with E-state index in [9.17, 15) is 13.2 Å². The lowest BCUT2D eigenvalue weighted by molar-refractivity contribution is 0.100. The van der Waals surface area contributed by atoms with Crippen molar-refractivity contribution in [2.75, 3.05) is 19.9 Å². The van der Waals surface area contributed by atoms with Crippen LogP contribution in [0, 0.1) is 5.92 Å². The van der Waals surface area contributed by atoms with Crippen LogP contribution in [0.3, 0.4) is 0 Å². The second-order valence-electron chi connectivity index (χ2n) is 7.50. The van der Waals surface area contributed by atoms with Crippen molar-refractivity contribution in [3.63, 3.8) is 0 Å². The van der Waals surface area contributed by atoms with Gasteiger partial charge in [-0.3, -0.25) is 4.79 Å². The lowest BCUT2D eigenvalue weighted by Crippen LogP contribution is -2.15. The number of carbonyl (C=O) groups is 1. The van der Waals surface area contributed by atoms with Crippen molar-refractivity contribution in [2.45, 2.75) is 17.7 Å². The van der Waals surface area contributed by atoms with E-state index >= 15 is 0 Å². The van der Waals surface area contributed by atoms with Gasteiger partial charge in [0.2, 0.25) is 0 Å². The van der Waals surface area contributed by atoms with Crippen LogP contribution in [-0.4, -0.2) is 39.1 Å². The summed E-state index contributed by atoms with van der Waals surface area (Å²) in [7, 11) is -1.53. The van der Waals surface area contributed by atoms with Crippen LogP contribution in [0.15, 0.2) is 41.9 Å². The number of amides is 1. The summed E-state index contributed by atoms with van der Waals surface area (Å²) in [5.74, 6) is 0.668. The van der Waals surface area contributed by atoms with Gasteiger partial charge in [0, 0.05) is 36.2 Å². The average Bonchev–Trinajstić information content (AvgIpc) is 3.37.